The van der Waals surface area contributed by atoms with Crippen molar-refractivity contribution in [3.8, 4) is 11.5 Å². The Morgan fingerprint density at radius 1 is 0.939 bits per heavy atom. The summed E-state index contributed by atoms with van der Waals surface area (Å²) in [5.41, 5.74) is 13.3. The Balaban J connectivity index is 0.826. The molecule has 444 valence electrons. The number of phosphoric acid groups is 2. The molecule has 3 aromatic carbocycles. The number of benzene rings is 3. The second kappa shape index (κ2) is 24.0. The first-order chi connectivity index (χ1) is 38.7. The van der Waals surface area contributed by atoms with Crippen molar-refractivity contribution in [1.29, 1.82) is 0 Å². The van der Waals surface area contributed by atoms with Crippen molar-refractivity contribution in [2.24, 2.45) is 0 Å². The molecule has 4 aliphatic rings. The number of hydrogen-bond donors (Lipinski definition) is 7. The average molecular weight is 1170 g/mol. The minimum atomic E-state index is -5.30. The van der Waals surface area contributed by atoms with Crippen LogP contribution < -0.4 is 46.0 Å². The molecule has 82 heavy (non-hydrogen) atoms. The van der Waals surface area contributed by atoms with Gasteiger partial charge in [0.2, 0.25) is 17.2 Å². The fourth-order valence-electron chi connectivity index (χ4n) is 12.9. The lowest BCUT2D eigenvalue weighted by Crippen LogP contribution is -2.52. The average Bonchev–Trinajstić information content (AvgIpc) is 1.42. The molecule has 0 spiro atoms. The van der Waals surface area contributed by atoms with E-state index < -0.39 is 46.8 Å². The summed E-state index contributed by atoms with van der Waals surface area (Å²) in [5.74, 6) is 1.97. The van der Waals surface area contributed by atoms with Gasteiger partial charge in [-0.25, -0.2) is 24.1 Å². The number of carbonyl (C=O) groups is 2. The molecule has 7 atom stereocenters. The largest absolute Gasteiger partial charge is 0.756 e. The highest BCUT2D eigenvalue weighted by atomic mass is 31.2. The molecule has 2 aromatic heterocycles. The molecule has 5 aromatic rings. The fraction of sp³-hybridized carbons (Fsp3) is 0.544. The van der Waals surface area contributed by atoms with E-state index in [1.165, 1.54) is 26.7 Å². The van der Waals surface area contributed by atoms with Crippen LogP contribution in [0.25, 0.3) is 16.7 Å². The van der Waals surface area contributed by atoms with Crippen molar-refractivity contribution >= 4 is 61.7 Å². The molecule has 23 nitrogen and oxygen atoms in total. The van der Waals surface area contributed by atoms with E-state index in [2.05, 4.69) is 125 Å². The van der Waals surface area contributed by atoms with Crippen LogP contribution >= 0.6 is 15.6 Å². The van der Waals surface area contributed by atoms with E-state index >= 15 is 0 Å². The minimum absolute atomic E-state index is 0.0112. The van der Waals surface area contributed by atoms with Crippen molar-refractivity contribution in [1.82, 2.24) is 34.3 Å². The molecule has 0 bridgehead atoms. The van der Waals surface area contributed by atoms with Gasteiger partial charge in [0, 0.05) is 90.8 Å². The number of nitrogens with zero attached hydrogens (tertiary/aromatic N) is 7. The van der Waals surface area contributed by atoms with Crippen LogP contribution in [0.2, 0.25) is 0 Å². The smallest absolute Gasteiger partial charge is 0.470 e. The van der Waals surface area contributed by atoms with E-state index in [9.17, 15) is 38.5 Å². The van der Waals surface area contributed by atoms with Crippen molar-refractivity contribution in [2.45, 2.75) is 154 Å². The van der Waals surface area contributed by atoms with Crippen LogP contribution in [-0.4, -0.2) is 132 Å². The number of aliphatic hydroxyl groups is 1. The molecule has 1 saturated heterocycles. The zero-order valence-electron chi connectivity index (χ0n) is 48.1. The second-order valence-electron chi connectivity index (χ2n) is 23.3. The van der Waals surface area contributed by atoms with Crippen molar-refractivity contribution in [3.05, 3.63) is 93.3 Å². The van der Waals surface area contributed by atoms with Gasteiger partial charge < -0.3 is 64.8 Å². The van der Waals surface area contributed by atoms with Gasteiger partial charge in [0.05, 0.1) is 12.7 Å². The Hall–Kier alpha value is -5.84. The predicted molar refractivity (Wildman–Crippen MR) is 308 cm³/mol. The lowest BCUT2D eigenvalue weighted by Gasteiger charge is -2.47. The van der Waals surface area contributed by atoms with E-state index in [0.717, 1.165) is 78.5 Å². The zero-order chi connectivity index (χ0) is 59.2. The van der Waals surface area contributed by atoms with Gasteiger partial charge in [-0.3, -0.25) is 23.2 Å². The third-order valence-electron chi connectivity index (χ3n) is 16.5. The molecule has 0 saturated carbocycles. The van der Waals surface area contributed by atoms with E-state index in [1.807, 2.05) is 18.2 Å². The minimum Gasteiger partial charge on any atom is -0.756 e. The highest BCUT2D eigenvalue weighted by Gasteiger charge is 2.50. The number of aliphatic hydroxyl groups excluding tert-OH is 1. The third-order valence-corrected chi connectivity index (χ3v) is 17.5. The number of ether oxygens (including phenoxy) is 2. The van der Waals surface area contributed by atoms with Gasteiger partial charge in [0.15, 0.2) is 28.7 Å². The standard InChI is InChI=1S/C57H78N10O13P2/c1-10-65-41-27-43-39(25-37(41)33(3)29-56(65,5)6)47(40-26-38-34(4)30-57(7,8)66(11-2)42(38)28-44(40)78-43)35-19-14-15-20-36(35)53(70)64(9)24-18-21-46(68)59-22-16-12-13-17-23-60-55-63-48-51(58)61-32-62-52(48)67(55)54-49(69)50(80-82(74,75)76)45(79-54)31-77-81(71,72)73/h14-15,19-20,25-28,32-34,45,49-50,54,58,69H,10-13,16-18,21-24,29-31H2,1-9H3,(H6,59,68,70,71,72,73,74,75,76)/t33?,34?,45-,49-,50-,54-/m1/s1. The first kappa shape index (κ1) is 60.7. The summed E-state index contributed by atoms with van der Waals surface area (Å²) < 4.78 is 49.0. The van der Waals surface area contributed by atoms with E-state index in [1.54, 1.807) is 11.9 Å². The lowest BCUT2D eigenvalue weighted by molar-refractivity contribution is -0.222. The molecule has 3 unspecified atom stereocenters. The van der Waals surface area contributed by atoms with Crippen LogP contribution in [0, 0.1) is 0 Å². The van der Waals surface area contributed by atoms with Gasteiger partial charge in [-0.15, -0.1) is 0 Å². The molecular weight excluding hydrogens is 1090 g/mol. The van der Waals surface area contributed by atoms with Crippen LogP contribution in [-0.2, 0) is 27.7 Å². The number of unbranched alkanes of at least 4 members (excludes halogenated alkanes) is 3. The highest BCUT2D eigenvalue weighted by molar-refractivity contribution is 7.46. The maximum absolute atomic E-state index is 14.7. The predicted octanol–water partition coefficient (Wildman–Crippen LogP) is 5.52. The number of amides is 2. The van der Waals surface area contributed by atoms with Gasteiger partial charge in [-0.1, -0.05) is 44.9 Å². The molecule has 25 heteroatoms. The number of imidazole rings is 1. The van der Waals surface area contributed by atoms with Gasteiger partial charge in [0.25, 0.3) is 13.7 Å². The number of nitrogens with two attached hydrogens (primary N) is 1. The number of nitrogen functional groups attached to an aromatic ring is 1. The number of nitrogens with one attached hydrogen (secondary N) is 2. The van der Waals surface area contributed by atoms with Gasteiger partial charge in [0.1, 0.15) is 42.7 Å². The third kappa shape index (κ3) is 12.6. The maximum atomic E-state index is 14.7. The number of carbonyl (C=O) groups excluding carboxylic acids is 2. The molecule has 2 amide bonds. The number of aromatic nitrogens is 4. The number of rotatable bonds is 22. The van der Waals surface area contributed by atoms with E-state index in [-0.39, 0.29) is 52.2 Å². The van der Waals surface area contributed by atoms with Crippen LogP contribution in [0.5, 0.6) is 11.5 Å². The Kier molecular flexibility index (Phi) is 17.8. The molecule has 6 heterocycles. The number of phosphoric ester groups is 2. The van der Waals surface area contributed by atoms with Gasteiger partial charge in [-0.05, 0) is 108 Å². The highest BCUT2D eigenvalue weighted by Crippen LogP contribution is 2.50. The van der Waals surface area contributed by atoms with E-state index in [0.29, 0.717) is 56.3 Å². The molecule has 9 rings (SSSR count). The summed E-state index contributed by atoms with van der Waals surface area (Å²) in [6, 6.07) is 16.9. The number of fused-ring (bicyclic) bond motifs is 5. The first-order valence-electron chi connectivity index (χ1n) is 28.3. The summed E-state index contributed by atoms with van der Waals surface area (Å²) in [4.78, 5) is 84.3. The quantitative estimate of drug-likeness (QED) is 0.0250. The van der Waals surface area contributed by atoms with Crippen molar-refractivity contribution in [3.63, 3.8) is 0 Å². The summed E-state index contributed by atoms with van der Waals surface area (Å²) in [5, 5.41) is 19.6. The van der Waals surface area contributed by atoms with Crippen molar-refractivity contribution < 1.29 is 61.9 Å². The molecule has 1 fully saturated rings. The van der Waals surface area contributed by atoms with Crippen LogP contribution in [0.15, 0.2) is 54.9 Å². The van der Waals surface area contributed by atoms with Crippen molar-refractivity contribution in [2.75, 3.05) is 62.3 Å². The lowest BCUT2D eigenvalue weighted by atomic mass is 9.77. The summed E-state index contributed by atoms with van der Waals surface area (Å²) in [6.07, 6.45) is -0.0338. The Labute approximate surface area is 477 Å². The summed E-state index contributed by atoms with van der Waals surface area (Å²) >= 11 is 0. The van der Waals surface area contributed by atoms with E-state index in [4.69, 9.17) is 24.6 Å². The number of anilines is 3. The zero-order valence-corrected chi connectivity index (χ0v) is 49.9. The second-order valence-corrected chi connectivity index (χ2v) is 25.7. The fourth-order valence-corrected chi connectivity index (χ4v) is 13.8. The molecular formula is C57H78N10O13P2. The molecule has 0 aliphatic carbocycles. The summed E-state index contributed by atoms with van der Waals surface area (Å²) in [6.45, 7) is 20.2. The van der Waals surface area contributed by atoms with Gasteiger partial charge in [-0.2, -0.15) is 0 Å². The Bertz CT molecular complexity index is 3470. The van der Waals surface area contributed by atoms with Crippen LogP contribution in [0.1, 0.15) is 157 Å². The SMILES string of the molecule is CCN1c2cc3c(cc2C(C)CC1(C)C)C(c1ccccc1C(=O)N(C)CCCC(=O)NCCCCCCNc1nc2c(N)ncnc2n1[C@@H]1O[C@H](COP(=O)([O-])O)[C@@H](OP(=O)(O)O)[C@H]1O)=c1cc2c(cc1O3)=[N+](CC)C(C)(C)CC2C. The molecule has 4 aliphatic heterocycles. The van der Waals surface area contributed by atoms with Crippen LogP contribution in [0.4, 0.5) is 17.5 Å². The van der Waals surface area contributed by atoms with Crippen LogP contribution in [0.3, 0.4) is 0 Å². The number of hydrogen-bond acceptors (Lipinski definition) is 16. The Morgan fingerprint density at radius 3 is 2.37 bits per heavy atom. The molecule has 0 radical (unpaired) electrons. The molecule has 8 N–H and O–H groups in total. The topological polar surface area (TPSA) is 312 Å². The summed E-state index contributed by atoms with van der Waals surface area (Å²) in [7, 11) is -8.77. The normalized spacial score (nSPS) is 22.4. The van der Waals surface area contributed by atoms with Gasteiger partial charge >= 0.3 is 7.82 Å². The maximum Gasteiger partial charge on any atom is 0.470 e. The monoisotopic (exact) mass is 1170 g/mol. The Morgan fingerprint density at radius 2 is 1.66 bits per heavy atom. The first-order valence-corrected chi connectivity index (χ1v) is 31.3.